The smallest absolute Gasteiger partial charge is 0.142 e. The summed E-state index contributed by atoms with van der Waals surface area (Å²) in [5.41, 5.74) is 3.36. The third-order valence-electron chi connectivity index (χ3n) is 5.75. The van der Waals surface area contributed by atoms with Crippen molar-refractivity contribution in [2.75, 3.05) is 19.6 Å². The van der Waals surface area contributed by atoms with Gasteiger partial charge in [0.2, 0.25) is 0 Å². The van der Waals surface area contributed by atoms with E-state index in [1.807, 2.05) is 24.3 Å². The fraction of sp³-hybridized carbons (Fsp3) is 0.458. The largest absolute Gasteiger partial charge is 0.303 e. The number of benzene rings is 1. The Morgan fingerprint density at radius 2 is 2.03 bits per heavy atom. The first kappa shape index (κ1) is 20.5. The number of likely N-dealkylation sites (tertiary alicyclic amines) is 1. The topological polar surface area (TPSA) is 71.9 Å². The van der Waals surface area contributed by atoms with E-state index in [0.717, 1.165) is 66.8 Å². The van der Waals surface area contributed by atoms with Gasteiger partial charge in [0, 0.05) is 35.8 Å². The van der Waals surface area contributed by atoms with E-state index in [1.54, 1.807) is 18.6 Å². The molecule has 1 aromatic carbocycles. The van der Waals surface area contributed by atoms with Crippen LogP contribution in [0.15, 0.2) is 42.9 Å². The number of nitrogens with zero attached hydrogens (tertiary/aromatic N) is 5. The summed E-state index contributed by atoms with van der Waals surface area (Å²) in [7, 11) is 0. The molecule has 1 atom stereocenters. The van der Waals surface area contributed by atoms with E-state index in [9.17, 15) is 4.79 Å². The molecular weight excluding hydrogens is 374 g/mol. The molecule has 6 heteroatoms. The highest BCUT2D eigenvalue weighted by atomic mass is 16.1. The maximum atomic E-state index is 13.0. The number of hydrogen-bond donors (Lipinski definition) is 0. The summed E-state index contributed by atoms with van der Waals surface area (Å²) in [4.78, 5) is 24.0. The Morgan fingerprint density at radius 3 is 2.83 bits per heavy atom. The minimum absolute atomic E-state index is 0.130. The molecule has 0 N–H and O–H groups in total. The quantitative estimate of drug-likeness (QED) is 0.620. The number of carbonyl (C=O) groups is 1. The molecule has 2 aromatic heterocycles. The third-order valence-corrected chi connectivity index (χ3v) is 5.75. The lowest BCUT2D eigenvalue weighted by molar-refractivity contribution is -0.122. The average molecular weight is 404 g/mol. The summed E-state index contributed by atoms with van der Waals surface area (Å²) >= 11 is 0. The summed E-state index contributed by atoms with van der Waals surface area (Å²) in [5.74, 6) is 1.09. The number of ketones is 1. The molecule has 0 saturated carbocycles. The van der Waals surface area contributed by atoms with Crippen LogP contribution in [-0.2, 0) is 11.2 Å². The average Bonchev–Trinajstić information content (AvgIpc) is 2.99. The lowest BCUT2D eigenvalue weighted by Gasteiger charge is -2.22. The Morgan fingerprint density at radius 1 is 1.13 bits per heavy atom. The maximum absolute atomic E-state index is 13.0. The first-order valence-corrected chi connectivity index (χ1v) is 10.9. The predicted octanol–water partition coefficient (Wildman–Crippen LogP) is 3.96. The first-order valence-electron chi connectivity index (χ1n) is 10.9. The molecule has 1 aliphatic rings. The van der Waals surface area contributed by atoms with E-state index >= 15 is 0 Å². The SMILES string of the molecule is CC(C)CN1CCCC(C(=O)Cc2cc3cc(-c4cnccn4)ccc3nn2)CC1. The zero-order valence-corrected chi connectivity index (χ0v) is 17.8. The van der Waals surface area contributed by atoms with Gasteiger partial charge in [-0.3, -0.25) is 14.8 Å². The minimum Gasteiger partial charge on any atom is -0.303 e. The van der Waals surface area contributed by atoms with Crippen LogP contribution in [0, 0.1) is 11.8 Å². The van der Waals surface area contributed by atoms with E-state index in [1.165, 1.54) is 0 Å². The van der Waals surface area contributed by atoms with Crippen LogP contribution in [-0.4, -0.2) is 50.5 Å². The van der Waals surface area contributed by atoms with Crippen LogP contribution in [0.5, 0.6) is 0 Å². The Bertz CT molecular complexity index is 1000. The van der Waals surface area contributed by atoms with E-state index < -0.39 is 0 Å². The van der Waals surface area contributed by atoms with Crippen molar-refractivity contribution >= 4 is 16.7 Å². The van der Waals surface area contributed by atoms with Crippen LogP contribution < -0.4 is 0 Å². The van der Waals surface area contributed by atoms with Crippen molar-refractivity contribution in [3.8, 4) is 11.3 Å². The molecule has 0 bridgehead atoms. The second-order valence-corrected chi connectivity index (χ2v) is 8.67. The van der Waals surface area contributed by atoms with Gasteiger partial charge in [0.25, 0.3) is 0 Å². The second-order valence-electron chi connectivity index (χ2n) is 8.67. The van der Waals surface area contributed by atoms with Crippen molar-refractivity contribution < 1.29 is 4.79 Å². The van der Waals surface area contributed by atoms with E-state index in [-0.39, 0.29) is 5.92 Å². The van der Waals surface area contributed by atoms with Gasteiger partial charge in [0.15, 0.2) is 0 Å². The van der Waals surface area contributed by atoms with Crippen molar-refractivity contribution in [1.29, 1.82) is 0 Å². The lowest BCUT2D eigenvalue weighted by Crippen LogP contribution is -2.29. The Balaban J connectivity index is 1.46. The van der Waals surface area contributed by atoms with Crippen LogP contribution >= 0.6 is 0 Å². The van der Waals surface area contributed by atoms with Gasteiger partial charge in [0.05, 0.1) is 29.5 Å². The predicted molar refractivity (Wildman–Crippen MR) is 118 cm³/mol. The van der Waals surface area contributed by atoms with Crippen LogP contribution in [0.2, 0.25) is 0 Å². The summed E-state index contributed by atoms with van der Waals surface area (Å²) < 4.78 is 0. The summed E-state index contributed by atoms with van der Waals surface area (Å²) in [6, 6.07) is 7.94. The summed E-state index contributed by atoms with van der Waals surface area (Å²) in [5, 5.41) is 9.62. The second kappa shape index (κ2) is 9.39. The number of fused-ring (bicyclic) bond motifs is 1. The van der Waals surface area contributed by atoms with E-state index in [4.69, 9.17) is 0 Å². The Kier molecular flexibility index (Phi) is 6.43. The molecule has 4 rings (SSSR count). The Labute approximate surface area is 177 Å². The van der Waals surface area contributed by atoms with Crippen molar-refractivity contribution in [2.45, 2.75) is 39.5 Å². The van der Waals surface area contributed by atoms with Crippen molar-refractivity contribution in [3.63, 3.8) is 0 Å². The molecule has 30 heavy (non-hydrogen) atoms. The molecule has 3 heterocycles. The van der Waals surface area contributed by atoms with Crippen molar-refractivity contribution in [3.05, 3.63) is 48.5 Å². The fourth-order valence-corrected chi connectivity index (χ4v) is 4.28. The number of aromatic nitrogens is 4. The molecular formula is C24H29N5O. The molecule has 156 valence electrons. The summed E-state index contributed by atoms with van der Waals surface area (Å²) in [6.45, 7) is 7.73. The molecule has 1 unspecified atom stereocenters. The zero-order valence-electron chi connectivity index (χ0n) is 17.8. The standard InChI is InChI=1S/C24H29N5O/c1-17(2)16-29-10-3-4-18(7-11-29)24(30)14-21-13-20-12-19(5-6-22(20)28-27-21)23-15-25-8-9-26-23/h5-6,8-9,12-13,15,17-18H,3-4,7,10-11,14,16H2,1-2H3. The maximum Gasteiger partial charge on any atom is 0.142 e. The Hall–Kier alpha value is -2.73. The monoisotopic (exact) mass is 403 g/mol. The highest BCUT2D eigenvalue weighted by molar-refractivity contribution is 5.86. The number of carbonyl (C=O) groups excluding carboxylic acids is 1. The molecule has 1 fully saturated rings. The van der Waals surface area contributed by atoms with Gasteiger partial charge in [-0.2, -0.15) is 10.2 Å². The van der Waals surface area contributed by atoms with Crippen LogP contribution in [0.25, 0.3) is 22.2 Å². The highest BCUT2D eigenvalue weighted by Gasteiger charge is 2.23. The van der Waals surface area contributed by atoms with Gasteiger partial charge in [0.1, 0.15) is 5.78 Å². The van der Waals surface area contributed by atoms with Crippen molar-refractivity contribution in [2.24, 2.45) is 11.8 Å². The van der Waals surface area contributed by atoms with Gasteiger partial charge in [-0.05, 0) is 56.5 Å². The number of hydrogen-bond acceptors (Lipinski definition) is 6. The van der Waals surface area contributed by atoms with Gasteiger partial charge < -0.3 is 4.90 Å². The number of rotatable bonds is 6. The molecule has 0 aliphatic carbocycles. The minimum atomic E-state index is 0.130. The molecule has 0 radical (unpaired) electrons. The van der Waals surface area contributed by atoms with Crippen LogP contribution in [0.3, 0.4) is 0 Å². The lowest BCUT2D eigenvalue weighted by atomic mass is 9.93. The molecule has 1 saturated heterocycles. The fourth-order valence-electron chi connectivity index (χ4n) is 4.28. The molecule has 1 aliphatic heterocycles. The molecule has 3 aromatic rings. The molecule has 0 amide bonds. The van der Waals surface area contributed by atoms with Gasteiger partial charge >= 0.3 is 0 Å². The third kappa shape index (κ3) is 5.05. The van der Waals surface area contributed by atoms with Crippen LogP contribution in [0.1, 0.15) is 38.8 Å². The highest BCUT2D eigenvalue weighted by Crippen LogP contribution is 2.23. The summed E-state index contributed by atoms with van der Waals surface area (Å²) in [6.07, 6.45) is 8.46. The van der Waals surface area contributed by atoms with E-state index in [0.29, 0.717) is 18.1 Å². The van der Waals surface area contributed by atoms with Crippen LogP contribution in [0.4, 0.5) is 0 Å². The normalized spacial score (nSPS) is 17.9. The van der Waals surface area contributed by atoms with E-state index in [2.05, 4.69) is 38.9 Å². The first-order chi connectivity index (χ1) is 14.6. The van der Waals surface area contributed by atoms with Crippen molar-refractivity contribution in [1.82, 2.24) is 25.1 Å². The zero-order chi connectivity index (χ0) is 20.9. The van der Waals surface area contributed by atoms with Gasteiger partial charge in [-0.25, -0.2) is 0 Å². The van der Waals surface area contributed by atoms with Gasteiger partial charge in [-0.15, -0.1) is 0 Å². The number of Topliss-reactive ketones (excluding diaryl/α,β-unsaturated/α-hetero) is 1. The molecule has 6 nitrogen and oxygen atoms in total. The van der Waals surface area contributed by atoms with Gasteiger partial charge in [-0.1, -0.05) is 19.9 Å². The molecule has 0 spiro atoms.